The molecular formula is C20H18BrN3OS. The Hall–Kier alpha value is -2.31. The Morgan fingerprint density at radius 1 is 1.04 bits per heavy atom. The van der Waals surface area contributed by atoms with E-state index in [0.29, 0.717) is 10.6 Å². The summed E-state index contributed by atoms with van der Waals surface area (Å²) in [4.78, 5) is 18.0. The number of amides is 1. The van der Waals surface area contributed by atoms with Gasteiger partial charge in [0.1, 0.15) is 5.03 Å². The van der Waals surface area contributed by atoms with Gasteiger partial charge in [-0.25, -0.2) is 4.98 Å². The quantitative estimate of drug-likeness (QED) is 0.537. The molecular weight excluding hydrogens is 410 g/mol. The molecule has 0 saturated carbocycles. The predicted molar refractivity (Wildman–Crippen MR) is 110 cm³/mol. The molecule has 0 fully saturated rings. The highest BCUT2D eigenvalue weighted by molar-refractivity contribution is 9.10. The Morgan fingerprint density at radius 2 is 1.81 bits per heavy atom. The van der Waals surface area contributed by atoms with Crippen LogP contribution in [0, 0.1) is 13.8 Å². The Balaban J connectivity index is 1.74. The number of benzene rings is 2. The van der Waals surface area contributed by atoms with Gasteiger partial charge in [-0.2, -0.15) is 0 Å². The Kier molecular flexibility index (Phi) is 5.96. The fourth-order valence-electron chi connectivity index (χ4n) is 2.26. The van der Waals surface area contributed by atoms with Crippen molar-refractivity contribution in [3.8, 4) is 0 Å². The number of halogens is 1. The molecule has 0 unspecified atom stereocenters. The molecule has 3 aromatic rings. The third-order valence-corrected chi connectivity index (χ3v) is 5.41. The van der Waals surface area contributed by atoms with Gasteiger partial charge in [-0.05, 0) is 73.5 Å². The van der Waals surface area contributed by atoms with Crippen LogP contribution >= 0.6 is 27.7 Å². The van der Waals surface area contributed by atoms with Crippen molar-refractivity contribution in [2.75, 3.05) is 5.43 Å². The average molecular weight is 428 g/mol. The van der Waals surface area contributed by atoms with Crippen molar-refractivity contribution in [1.82, 2.24) is 10.4 Å². The topological polar surface area (TPSA) is 54.0 Å². The van der Waals surface area contributed by atoms with Crippen molar-refractivity contribution >= 4 is 39.3 Å². The third-order valence-electron chi connectivity index (χ3n) is 3.87. The number of hydrogen-bond donors (Lipinski definition) is 2. The van der Waals surface area contributed by atoms with E-state index in [1.54, 1.807) is 18.3 Å². The van der Waals surface area contributed by atoms with Crippen molar-refractivity contribution in [3.63, 3.8) is 0 Å². The minimum absolute atomic E-state index is 0.229. The highest BCUT2D eigenvalue weighted by Crippen LogP contribution is 2.30. The van der Waals surface area contributed by atoms with Crippen LogP contribution in [0.25, 0.3) is 0 Å². The summed E-state index contributed by atoms with van der Waals surface area (Å²) in [6.07, 6.45) is 1.70. The number of hydrogen-bond acceptors (Lipinski definition) is 4. The van der Waals surface area contributed by atoms with E-state index < -0.39 is 0 Å². The molecule has 132 valence electrons. The van der Waals surface area contributed by atoms with Gasteiger partial charge in [0.25, 0.3) is 5.91 Å². The molecule has 1 aromatic heterocycles. The molecule has 0 aliphatic carbocycles. The van der Waals surface area contributed by atoms with Gasteiger partial charge in [0, 0.05) is 15.6 Å². The fraction of sp³-hybridized carbons (Fsp3) is 0.100. The molecule has 0 aliphatic rings. The van der Waals surface area contributed by atoms with Crippen LogP contribution in [0.15, 0.2) is 75.2 Å². The molecule has 0 saturated heterocycles. The number of nitrogens with zero attached hydrogens (tertiary/aromatic N) is 1. The van der Waals surface area contributed by atoms with Crippen LogP contribution in [-0.2, 0) is 0 Å². The highest BCUT2D eigenvalue weighted by Gasteiger charge is 2.13. The lowest BCUT2D eigenvalue weighted by Gasteiger charge is -2.11. The maximum atomic E-state index is 12.6. The molecule has 3 rings (SSSR count). The molecule has 1 heterocycles. The van der Waals surface area contributed by atoms with Gasteiger partial charge >= 0.3 is 0 Å². The zero-order valence-electron chi connectivity index (χ0n) is 14.4. The van der Waals surface area contributed by atoms with Gasteiger partial charge in [-0.1, -0.05) is 33.8 Å². The number of carbonyl (C=O) groups is 1. The lowest BCUT2D eigenvalue weighted by atomic mass is 10.1. The normalized spacial score (nSPS) is 10.4. The number of rotatable bonds is 5. The van der Waals surface area contributed by atoms with Crippen molar-refractivity contribution in [3.05, 3.63) is 82.0 Å². The number of aromatic nitrogens is 1. The number of nitrogens with one attached hydrogen (secondary N) is 2. The zero-order valence-corrected chi connectivity index (χ0v) is 16.8. The number of carbonyl (C=O) groups excluding carboxylic acids is 1. The van der Waals surface area contributed by atoms with Gasteiger partial charge in [0.2, 0.25) is 0 Å². The molecule has 1 amide bonds. The first-order valence-electron chi connectivity index (χ1n) is 8.05. The Bertz CT molecular complexity index is 929. The maximum absolute atomic E-state index is 12.6. The molecule has 0 aliphatic heterocycles. The second-order valence-corrected chi connectivity index (χ2v) is 7.77. The summed E-state index contributed by atoms with van der Waals surface area (Å²) in [5, 5.41) is 0.672. The Morgan fingerprint density at radius 3 is 2.54 bits per heavy atom. The van der Waals surface area contributed by atoms with Crippen molar-refractivity contribution in [2.45, 2.75) is 23.8 Å². The fourth-order valence-corrected chi connectivity index (χ4v) is 3.51. The summed E-state index contributed by atoms with van der Waals surface area (Å²) in [7, 11) is 0. The maximum Gasteiger partial charge on any atom is 0.272 e. The molecule has 0 radical (unpaired) electrons. The van der Waals surface area contributed by atoms with Crippen LogP contribution in [0.5, 0.6) is 0 Å². The van der Waals surface area contributed by atoms with Crippen molar-refractivity contribution < 1.29 is 4.79 Å². The van der Waals surface area contributed by atoms with E-state index in [-0.39, 0.29) is 5.91 Å². The lowest BCUT2D eigenvalue weighted by Crippen LogP contribution is -2.29. The predicted octanol–water partition coefficient (Wildman–Crippen LogP) is 5.37. The van der Waals surface area contributed by atoms with E-state index >= 15 is 0 Å². The van der Waals surface area contributed by atoms with Crippen molar-refractivity contribution in [2.24, 2.45) is 0 Å². The standard InChI is InChI=1S/C20H18BrN3OS/c1-13-5-10-17(12-14(13)2)26-20-18(4-3-11-22-20)19(25)24-23-16-8-6-15(21)7-9-16/h3-12,23H,1-2H3,(H,24,25). The number of aryl methyl sites for hydroxylation is 2. The molecule has 4 nitrogen and oxygen atoms in total. The second kappa shape index (κ2) is 8.38. The molecule has 2 aromatic carbocycles. The van der Waals surface area contributed by atoms with Crippen LogP contribution in [0.4, 0.5) is 5.69 Å². The van der Waals surface area contributed by atoms with E-state index in [1.807, 2.05) is 30.3 Å². The highest BCUT2D eigenvalue weighted by atomic mass is 79.9. The summed E-state index contributed by atoms with van der Waals surface area (Å²) >= 11 is 4.87. The van der Waals surface area contributed by atoms with Crippen LogP contribution in [-0.4, -0.2) is 10.9 Å². The third kappa shape index (κ3) is 4.65. The number of anilines is 1. The summed E-state index contributed by atoms with van der Waals surface area (Å²) in [6, 6.07) is 17.3. The van der Waals surface area contributed by atoms with Crippen LogP contribution < -0.4 is 10.9 Å². The zero-order chi connectivity index (χ0) is 18.5. The molecule has 0 bridgehead atoms. The smallest absolute Gasteiger partial charge is 0.272 e. The van der Waals surface area contributed by atoms with Crippen molar-refractivity contribution in [1.29, 1.82) is 0 Å². The second-order valence-electron chi connectivity index (χ2n) is 5.79. The number of hydrazine groups is 1. The first-order valence-corrected chi connectivity index (χ1v) is 9.66. The summed E-state index contributed by atoms with van der Waals surface area (Å²) in [5.74, 6) is -0.229. The van der Waals surface area contributed by atoms with Crippen LogP contribution in [0.2, 0.25) is 0 Å². The van der Waals surface area contributed by atoms with Crippen LogP contribution in [0.1, 0.15) is 21.5 Å². The van der Waals surface area contributed by atoms with Crippen LogP contribution in [0.3, 0.4) is 0 Å². The molecule has 26 heavy (non-hydrogen) atoms. The van der Waals surface area contributed by atoms with E-state index in [0.717, 1.165) is 15.1 Å². The average Bonchev–Trinajstić information content (AvgIpc) is 2.64. The molecule has 6 heteroatoms. The van der Waals surface area contributed by atoms with Gasteiger partial charge in [0.15, 0.2) is 0 Å². The minimum Gasteiger partial charge on any atom is -0.298 e. The van der Waals surface area contributed by atoms with E-state index in [2.05, 4.69) is 57.7 Å². The van der Waals surface area contributed by atoms with Gasteiger partial charge in [-0.15, -0.1) is 0 Å². The molecule has 0 spiro atoms. The van der Waals surface area contributed by atoms with Gasteiger partial charge in [0.05, 0.1) is 11.3 Å². The monoisotopic (exact) mass is 427 g/mol. The van der Waals surface area contributed by atoms with Gasteiger partial charge < -0.3 is 0 Å². The minimum atomic E-state index is -0.229. The molecule has 0 atom stereocenters. The SMILES string of the molecule is Cc1ccc(Sc2ncccc2C(=O)NNc2ccc(Br)cc2)cc1C. The molecule has 2 N–H and O–H groups in total. The van der Waals surface area contributed by atoms with Gasteiger partial charge in [-0.3, -0.25) is 15.6 Å². The summed E-state index contributed by atoms with van der Waals surface area (Å²) in [6.45, 7) is 4.16. The lowest BCUT2D eigenvalue weighted by molar-refractivity contribution is 0.0959. The number of pyridine rings is 1. The first-order chi connectivity index (χ1) is 12.5. The first kappa shape index (κ1) is 18.5. The largest absolute Gasteiger partial charge is 0.298 e. The summed E-state index contributed by atoms with van der Waals surface area (Å²) in [5.41, 5.74) is 9.43. The van der Waals surface area contributed by atoms with E-state index in [9.17, 15) is 4.79 Å². The van der Waals surface area contributed by atoms with E-state index in [4.69, 9.17) is 0 Å². The summed E-state index contributed by atoms with van der Waals surface area (Å²) < 4.78 is 0.980. The Labute approximate surface area is 165 Å². The van der Waals surface area contributed by atoms with E-state index in [1.165, 1.54) is 22.9 Å².